The number of benzene rings is 1. The molecule has 8 heteroatoms. The summed E-state index contributed by atoms with van der Waals surface area (Å²) < 4.78 is 28.1. The smallest absolute Gasteiger partial charge is 0.242 e. The maximum Gasteiger partial charge on any atom is 0.242 e. The Kier molecular flexibility index (Phi) is 6.96. The van der Waals surface area contributed by atoms with Gasteiger partial charge in [-0.25, -0.2) is 13.1 Å². The van der Waals surface area contributed by atoms with E-state index < -0.39 is 10.0 Å². The van der Waals surface area contributed by atoms with E-state index in [2.05, 4.69) is 32.9 Å². The van der Waals surface area contributed by atoms with Crippen LogP contribution in [0, 0.1) is 5.41 Å². The SMILES string of the molecule is CC1(CNS(=O)(=O)c2ccc(Br)cc2Cl)CCCNC1.Cl. The zero-order valence-corrected chi connectivity index (χ0v) is 15.6. The van der Waals surface area contributed by atoms with Crippen LogP contribution in [-0.4, -0.2) is 28.1 Å². The predicted molar refractivity (Wildman–Crippen MR) is 91.8 cm³/mol. The van der Waals surface area contributed by atoms with E-state index in [0.29, 0.717) is 6.54 Å². The lowest BCUT2D eigenvalue weighted by Gasteiger charge is -2.34. The zero-order valence-electron chi connectivity index (χ0n) is 11.7. The second kappa shape index (κ2) is 7.62. The maximum absolute atomic E-state index is 12.3. The highest BCUT2D eigenvalue weighted by molar-refractivity contribution is 9.10. The van der Waals surface area contributed by atoms with Gasteiger partial charge in [0.1, 0.15) is 4.90 Å². The van der Waals surface area contributed by atoms with Crippen molar-refractivity contribution in [2.75, 3.05) is 19.6 Å². The Bertz CT molecular complexity index is 590. The first-order valence-electron chi connectivity index (χ1n) is 6.48. The van der Waals surface area contributed by atoms with E-state index >= 15 is 0 Å². The minimum absolute atomic E-state index is 0. The van der Waals surface area contributed by atoms with Crippen LogP contribution in [0.15, 0.2) is 27.6 Å². The molecule has 1 aliphatic rings. The van der Waals surface area contributed by atoms with Crippen molar-refractivity contribution in [1.82, 2.24) is 10.0 Å². The van der Waals surface area contributed by atoms with Crippen LogP contribution in [0.1, 0.15) is 19.8 Å². The average Bonchev–Trinajstić information content (AvgIpc) is 2.37. The number of sulfonamides is 1. The summed E-state index contributed by atoms with van der Waals surface area (Å²) in [5.41, 5.74) is -0.0485. The van der Waals surface area contributed by atoms with Crippen molar-refractivity contribution in [2.24, 2.45) is 5.41 Å². The number of hydrogen-bond donors (Lipinski definition) is 2. The van der Waals surface area contributed by atoms with Crippen molar-refractivity contribution in [3.63, 3.8) is 0 Å². The summed E-state index contributed by atoms with van der Waals surface area (Å²) in [4.78, 5) is 0.120. The minimum Gasteiger partial charge on any atom is -0.316 e. The van der Waals surface area contributed by atoms with Crippen LogP contribution in [0.5, 0.6) is 0 Å². The minimum atomic E-state index is -3.58. The molecule has 1 atom stereocenters. The molecule has 0 saturated carbocycles. The van der Waals surface area contributed by atoms with Crippen LogP contribution in [0.3, 0.4) is 0 Å². The average molecular weight is 418 g/mol. The van der Waals surface area contributed by atoms with Crippen molar-refractivity contribution < 1.29 is 8.42 Å². The lowest BCUT2D eigenvalue weighted by Crippen LogP contribution is -2.45. The summed E-state index contributed by atoms with van der Waals surface area (Å²) in [5.74, 6) is 0. The second-order valence-corrected chi connectivity index (χ2v) is 8.55. The Morgan fingerprint density at radius 2 is 2.19 bits per heavy atom. The van der Waals surface area contributed by atoms with Crippen molar-refractivity contribution in [3.05, 3.63) is 27.7 Å². The highest BCUT2D eigenvalue weighted by atomic mass is 79.9. The molecule has 1 unspecified atom stereocenters. The molecule has 1 aliphatic heterocycles. The van der Waals surface area contributed by atoms with E-state index in [1.165, 1.54) is 6.07 Å². The number of nitrogens with one attached hydrogen (secondary N) is 2. The molecule has 1 fully saturated rings. The van der Waals surface area contributed by atoms with E-state index in [4.69, 9.17) is 11.6 Å². The molecule has 1 aromatic carbocycles. The largest absolute Gasteiger partial charge is 0.316 e. The lowest BCUT2D eigenvalue weighted by atomic mass is 9.83. The maximum atomic E-state index is 12.3. The van der Waals surface area contributed by atoms with E-state index in [9.17, 15) is 8.42 Å². The fourth-order valence-electron chi connectivity index (χ4n) is 2.31. The molecule has 2 N–H and O–H groups in total. The molecule has 0 bridgehead atoms. The Morgan fingerprint density at radius 3 is 2.76 bits per heavy atom. The molecule has 1 saturated heterocycles. The zero-order chi connectivity index (χ0) is 14.8. The van der Waals surface area contributed by atoms with Gasteiger partial charge in [-0.3, -0.25) is 0 Å². The molecular weight excluding hydrogens is 399 g/mol. The summed E-state index contributed by atoms with van der Waals surface area (Å²) in [7, 11) is -3.58. The van der Waals surface area contributed by atoms with Crippen LogP contribution in [0.25, 0.3) is 0 Å². The van der Waals surface area contributed by atoms with Crippen molar-refractivity contribution in [1.29, 1.82) is 0 Å². The summed E-state index contributed by atoms with van der Waals surface area (Å²) in [5, 5.41) is 3.52. The summed E-state index contributed by atoms with van der Waals surface area (Å²) in [6.07, 6.45) is 2.08. The van der Waals surface area contributed by atoms with Crippen molar-refractivity contribution in [2.45, 2.75) is 24.7 Å². The monoisotopic (exact) mass is 416 g/mol. The molecule has 0 aliphatic carbocycles. The molecule has 120 valence electrons. The van der Waals surface area contributed by atoms with Crippen LogP contribution in [0.4, 0.5) is 0 Å². The molecule has 1 heterocycles. The molecule has 0 aromatic heterocycles. The third-order valence-electron chi connectivity index (χ3n) is 3.56. The van der Waals surface area contributed by atoms with E-state index in [0.717, 1.165) is 30.4 Å². The van der Waals surface area contributed by atoms with Crippen LogP contribution >= 0.6 is 39.9 Å². The van der Waals surface area contributed by atoms with Gasteiger partial charge in [-0.15, -0.1) is 12.4 Å². The first kappa shape index (κ1) is 19.2. The third kappa shape index (κ3) is 5.08. The van der Waals surface area contributed by atoms with Gasteiger partial charge in [0.05, 0.1) is 5.02 Å². The van der Waals surface area contributed by atoms with Gasteiger partial charge in [-0.05, 0) is 43.0 Å². The molecule has 0 radical (unpaired) electrons. The van der Waals surface area contributed by atoms with Crippen LogP contribution in [-0.2, 0) is 10.0 Å². The normalized spacial score (nSPS) is 22.6. The van der Waals surface area contributed by atoms with Gasteiger partial charge in [0.15, 0.2) is 0 Å². The summed E-state index contributed by atoms with van der Waals surface area (Å²) in [6.45, 7) is 4.32. The number of hydrogen-bond acceptors (Lipinski definition) is 3. The number of rotatable bonds is 4. The highest BCUT2D eigenvalue weighted by Gasteiger charge is 2.29. The number of halogens is 3. The Morgan fingerprint density at radius 1 is 1.48 bits per heavy atom. The summed E-state index contributed by atoms with van der Waals surface area (Å²) >= 11 is 9.27. The fourth-order valence-corrected chi connectivity index (χ4v) is 4.54. The van der Waals surface area contributed by atoms with Crippen LogP contribution in [0.2, 0.25) is 5.02 Å². The van der Waals surface area contributed by atoms with Gasteiger partial charge in [0, 0.05) is 17.6 Å². The van der Waals surface area contributed by atoms with E-state index in [1.807, 2.05) is 0 Å². The van der Waals surface area contributed by atoms with Gasteiger partial charge < -0.3 is 5.32 Å². The van der Waals surface area contributed by atoms with E-state index in [-0.39, 0.29) is 27.7 Å². The lowest BCUT2D eigenvalue weighted by molar-refractivity contribution is 0.238. The standard InChI is InChI=1S/C13H18BrClN2O2S.ClH/c1-13(5-2-6-16-8-13)9-17-20(18,19)12-4-3-10(14)7-11(12)15;/h3-4,7,16-17H,2,5-6,8-9H2,1H3;1H. The molecule has 0 amide bonds. The van der Waals surface area contributed by atoms with Gasteiger partial charge in [-0.1, -0.05) is 34.5 Å². The molecular formula is C13H19BrCl2N2O2S. The fraction of sp³-hybridized carbons (Fsp3) is 0.538. The topological polar surface area (TPSA) is 58.2 Å². The molecule has 1 aromatic rings. The Labute approximate surface area is 145 Å². The first-order chi connectivity index (χ1) is 9.32. The summed E-state index contributed by atoms with van der Waals surface area (Å²) in [6, 6.07) is 4.76. The Hall–Kier alpha value is 0.150. The Balaban J connectivity index is 0.00000220. The predicted octanol–water partition coefficient (Wildman–Crippen LogP) is 3.19. The van der Waals surface area contributed by atoms with Gasteiger partial charge in [0.2, 0.25) is 10.0 Å². The molecule has 0 spiro atoms. The number of piperidine rings is 1. The molecule has 4 nitrogen and oxygen atoms in total. The molecule has 2 rings (SSSR count). The molecule has 21 heavy (non-hydrogen) atoms. The second-order valence-electron chi connectivity index (χ2n) is 5.49. The van der Waals surface area contributed by atoms with Gasteiger partial charge in [-0.2, -0.15) is 0 Å². The highest BCUT2D eigenvalue weighted by Crippen LogP contribution is 2.27. The van der Waals surface area contributed by atoms with E-state index in [1.54, 1.807) is 12.1 Å². The van der Waals surface area contributed by atoms with Crippen molar-refractivity contribution in [3.8, 4) is 0 Å². The third-order valence-corrected chi connectivity index (χ3v) is 5.94. The quantitative estimate of drug-likeness (QED) is 0.790. The van der Waals surface area contributed by atoms with Crippen LogP contribution < -0.4 is 10.0 Å². The van der Waals surface area contributed by atoms with Gasteiger partial charge in [0.25, 0.3) is 0 Å². The van der Waals surface area contributed by atoms with Gasteiger partial charge >= 0.3 is 0 Å². The first-order valence-corrected chi connectivity index (χ1v) is 9.13. The van der Waals surface area contributed by atoms with Crippen molar-refractivity contribution >= 4 is 50.0 Å².